The number of thioether (sulfide) groups is 1. The minimum atomic E-state index is 0.669. The Morgan fingerprint density at radius 2 is 1.93 bits per heavy atom. The van der Waals surface area contributed by atoms with Gasteiger partial charge in [-0.2, -0.15) is 5.10 Å². The lowest BCUT2D eigenvalue weighted by Crippen LogP contribution is -2.25. The second kappa shape index (κ2) is 8.66. The molecule has 1 aromatic heterocycles. The van der Waals surface area contributed by atoms with Crippen molar-refractivity contribution in [2.24, 2.45) is 10.1 Å². The highest BCUT2D eigenvalue weighted by molar-refractivity contribution is 8.14. The first-order valence-electron chi connectivity index (χ1n) is 9.21. The smallest absolute Gasteiger partial charge is 0.182 e. The van der Waals surface area contributed by atoms with Gasteiger partial charge in [0, 0.05) is 39.3 Å². The number of hydrazone groups is 1. The maximum absolute atomic E-state index is 6.35. The van der Waals surface area contributed by atoms with Crippen molar-refractivity contribution in [3.05, 3.63) is 87.2 Å². The van der Waals surface area contributed by atoms with Crippen molar-refractivity contribution in [3.63, 3.8) is 0 Å². The molecule has 0 saturated heterocycles. The van der Waals surface area contributed by atoms with Gasteiger partial charge in [0.2, 0.25) is 0 Å². The Balaban J connectivity index is 1.55. The molecule has 0 radical (unpaired) electrons. The van der Waals surface area contributed by atoms with Crippen LogP contribution in [0.15, 0.2) is 64.7 Å². The minimum Gasteiger partial charge on any atom is -0.344 e. The summed E-state index contributed by atoms with van der Waals surface area (Å²) in [6.07, 6.45) is 0. The summed E-state index contributed by atoms with van der Waals surface area (Å²) in [6, 6.07) is 17.6. The Kier molecular flexibility index (Phi) is 5.99. The Labute approximate surface area is 184 Å². The Bertz CT molecular complexity index is 1120. The fraction of sp³-hybridized carbons (Fsp3) is 0.182. The van der Waals surface area contributed by atoms with Crippen LogP contribution < -0.4 is 5.43 Å². The highest BCUT2D eigenvalue weighted by atomic mass is 35.5. The number of halogens is 2. The lowest BCUT2D eigenvalue weighted by atomic mass is 10.1. The first-order valence-corrected chi connectivity index (χ1v) is 11.0. The average molecular weight is 443 g/mol. The van der Waals surface area contributed by atoms with Gasteiger partial charge in [-0.05, 0) is 49.7 Å². The molecule has 0 aliphatic carbocycles. The minimum absolute atomic E-state index is 0.669. The third kappa shape index (κ3) is 4.53. The zero-order valence-electron chi connectivity index (χ0n) is 16.1. The second-order valence-electron chi connectivity index (χ2n) is 6.82. The molecule has 4 rings (SSSR count). The number of aliphatic imine (C=N–C) groups is 1. The number of nitrogens with one attached hydrogen (secondary N) is 1. The molecule has 0 atom stereocenters. The maximum atomic E-state index is 6.35. The van der Waals surface area contributed by atoms with Crippen molar-refractivity contribution in [1.29, 1.82) is 0 Å². The number of benzene rings is 2. The van der Waals surface area contributed by atoms with Crippen molar-refractivity contribution in [2.75, 3.05) is 5.75 Å². The van der Waals surface area contributed by atoms with E-state index >= 15 is 0 Å². The largest absolute Gasteiger partial charge is 0.344 e. The monoisotopic (exact) mass is 442 g/mol. The summed E-state index contributed by atoms with van der Waals surface area (Å²) in [5, 5.41) is 6.80. The molecule has 0 saturated carbocycles. The first-order chi connectivity index (χ1) is 14.0. The van der Waals surface area contributed by atoms with Gasteiger partial charge >= 0.3 is 0 Å². The van der Waals surface area contributed by atoms with E-state index in [2.05, 4.69) is 46.1 Å². The summed E-state index contributed by atoms with van der Waals surface area (Å²) in [7, 11) is 0. The van der Waals surface area contributed by atoms with Gasteiger partial charge in [0.1, 0.15) is 0 Å². The molecule has 1 aliphatic heterocycles. The van der Waals surface area contributed by atoms with E-state index in [-0.39, 0.29) is 0 Å². The SMILES string of the molecule is Cc1cc(C2=NNC(=Nc3cccc(Cl)c3)SC2)c(C)n1Cc1ccccc1Cl. The quantitative estimate of drug-likeness (QED) is 0.523. The van der Waals surface area contributed by atoms with E-state index in [1.807, 2.05) is 42.5 Å². The number of hydrogen-bond donors (Lipinski definition) is 1. The van der Waals surface area contributed by atoms with Crippen LogP contribution in [-0.4, -0.2) is 21.2 Å². The van der Waals surface area contributed by atoms with Gasteiger partial charge in [0.25, 0.3) is 0 Å². The molecular weight excluding hydrogens is 423 g/mol. The topological polar surface area (TPSA) is 41.7 Å². The van der Waals surface area contributed by atoms with Crippen LogP contribution in [0.4, 0.5) is 5.69 Å². The molecule has 2 heterocycles. The molecule has 1 aliphatic rings. The summed E-state index contributed by atoms with van der Waals surface area (Å²) in [6.45, 7) is 4.98. The second-order valence-corrected chi connectivity index (χ2v) is 8.63. The molecule has 0 unspecified atom stereocenters. The Morgan fingerprint density at radius 3 is 2.66 bits per heavy atom. The molecule has 29 heavy (non-hydrogen) atoms. The third-order valence-corrected chi connectivity index (χ3v) is 6.32. The van der Waals surface area contributed by atoms with Crippen LogP contribution in [0.2, 0.25) is 10.0 Å². The summed E-state index contributed by atoms with van der Waals surface area (Å²) in [5.74, 6) is 0.753. The van der Waals surface area contributed by atoms with Crippen LogP contribution in [0.1, 0.15) is 22.5 Å². The van der Waals surface area contributed by atoms with Crippen LogP contribution in [0.3, 0.4) is 0 Å². The highest BCUT2D eigenvalue weighted by Crippen LogP contribution is 2.25. The fourth-order valence-corrected chi connectivity index (χ4v) is 4.46. The summed E-state index contributed by atoms with van der Waals surface area (Å²) >= 11 is 14.0. The molecule has 0 amide bonds. The molecule has 7 heteroatoms. The van der Waals surface area contributed by atoms with E-state index in [1.54, 1.807) is 11.8 Å². The van der Waals surface area contributed by atoms with E-state index in [4.69, 9.17) is 23.2 Å². The van der Waals surface area contributed by atoms with E-state index in [0.717, 1.165) is 45.0 Å². The zero-order valence-corrected chi connectivity index (χ0v) is 18.4. The first kappa shape index (κ1) is 20.1. The van der Waals surface area contributed by atoms with Crippen LogP contribution in [0.25, 0.3) is 0 Å². The van der Waals surface area contributed by atoms with Crippen molar-refractivity contribution in [3.8, 4) is 0 Å². The van der Waals surface area contributed by atoms with Crippen LogP contribution in [0, 0.1) is 13.8 Å². The predicted octanol–water partition coefficient (Wildman–Crippen LogP) is 6.19. The Morgan fingerprint density at radius 1 is 1.10 bits per heavy atom. The molecular formula is C22H20Cl2N4S. The van der Waals surface area contributed by atoms with E-state index < -0.39 is 0 Å². The van der Waals surface area contributed by atoms with Gasteiger partial charge in [-0.25, -0.2) is 4.99 Å². The number of aromatic nitrogens is 1. The van der Waals surface area contributed by atoms with Crippen LogP contribution >= 0.6 is 35.0 Å². The standard InChI is InChI=1S/C22H20Cl2N4S/c1-14-10-19(15(2)28(14)12-16-6-3-4-9-20(16)24)21-13-29-22(27-26-21)25-18-8-5-7-17(23)11-18/h3-11H,12-13H2,1-2H3,(H,25,27). The van der Waals surface area contributed by atoms with Gasteiger partial charge < -0.3 is 4.57 Å². The Hall–Kier alpha value is -2.21. The van der Waals surface area contributed by atoms with Crippen LogP contribution in [-0.2, 0) is 6.54 Å². The molecule has 0 fully saturated rings. The lowest BCUT2D eigenvalue weighted by molar-refractivity contribution is 0.749. The zero-order chi connectivity index (χ0) is 20.4. The highest BCUT2D eigenvalue weighted by Gasteiger charge is 2.19. The van der Waals surface area contributed by atoms with Crippen molar-refractivity contribution < 1.29 is 0 Å². The number of rotatable bonds is 4. The maximum Gasteiger partial charge on any atom is 0.182 e. The summed E-state index contributed by atoms with van der Waals surface area (Å²) in [4.78, 5) is 4.57. The summed E-state index contributed by atoms with van der Waals surface area (Å²) in [5.41, 5.74) is 9.52. The van der Waals surface area contributed by atoms with Gasteiger partial charge in [0.05, 0.1) is 11.4 Å². The predicted molar refractivity (Wildman–Crippen MR) is 125 cm³/mol. The molecule has 0 spiro atoms. The van der Waals surface area contributed by atoms with E-state index in [1.165, 1.54) is 11.4 Å². The van der Waals surface area contributed by atoms with Crippen LogP contribution in [0.5, 0.6) is 0 Å². The van der Waals surface area contributed by atoms with E-state index in [9.17, 15) is 0 Å². The average Bonchev–Trinajstić information content (AvgIpc) is 2.98. The third-order valence-electron chi connectivity index (χ3n) is 4.84. The lowest BCUT2D eigenvalue weighted by Gasteiger charge is -2.15. The number of hydrogen-bond acceptors (Lipinski definition) is 3. The normalized spacial score (nSPS) is 15.3. The van der Waals surface area contributed by atoms with Crippen molar-refractivity contribution in [1.82, 2.24) is 9.99 Å². The summed E-state index contributed by atoms with van der Waals surface area (Å²) < 4.78 is 2.28. The molecule has 4 nitrogen and oxygen atoms in total. The molecule has 3 aromatic rings. The van der Waals surface area contributed by atoms with E-state index in [0.29, 0.717) is 5.02 Å². The molecule has 148 valence electrons. The van der Waals surface area contributed by atoms with Crippen molar-refractivity contribution in [2.45, 2.75) is 20.4 Å². The van der Waals surface area contributed by atoms with Gasteiger partial charge in [-0.1, -0.05) is 59.2 Å². The van der Waals surface area contributed by atoms with Crippen molar-refractivity contribution >= 4 is 51.5 Å². The number of nitrogens with zero attached hydrogens (tertiary/aromatic N) is 3. The van der Waals surface area contributed by atoms with Gasteiger partial charge in [-0.15, -0.1) is 0 Å². The fourth-order valence-electron chi connectivity index (χ4n) is 3.31. The molecule has 1 N–H and O–H groups in total. The van der Waals surface area contributed by atoms with Gasteiger partial charge in [0.15, 0.2) is 5.17 Å². The van der Waals surface area contributed by atoms with Gasteiger partial charge in [-0.3, -0.25) is 5.43 Å². The molecule has 0 bridgehead atoms. The molecule has 2 aromatic carbocycles. The number of amidine groups is 1. The number of aryl methyl sites for hydroxylation is 1.